The molecular weight excluding hydrogens is 410 g/mol. The summed E-state index contributed by atoms with van der Waals surface area (Å²) in [6.45, 7) is 0.664. The summed E-state index contributed by atoms with van der Waals surface area (Å²) in [6, 6.07) is 0.833. The molecule has 154 valence electrons. The van der Waals surface area contributed by atoms with Gasteiger partial charge in [-0.1, -0.05) is 0 Å². The fraction of sp³-hybridized carbons (Fsp3) is 0.294. The zero-order valence-corrected chi connectivity index (χ0v) is 13.7. The molecule has 0 bridgehead atoms. The number of hydrogen-bond acceptors (Lipinski definition) is 1. The molecule has 2 aromatic carbocycles. The molecule has 0 spiro atoms. The predicted octanol–water partition coefficient (Wildman–Crippen LogP) is 6.14. The van der Waals surface area contributed by atoms with E-state index in [1.54, 1.807) is 0 Å². The number of aliphatic hydroxyl groups is 1. The Hall–Kier alpha value is -2.30. The standard InChI is InChI=1S/C17H10F10O/c1-14(28,9-4-12(17(25,26)27)7-13(18)6-9)8-2-10(15(19,20)21)5-11(3-8)16(22,23)24/h2-7,28H,1H3. The molecule has 0 amide bonds. The van der Waals surface area contributed by atoms with Crippen molar-refractivity contribution in [3.8, 4) is 0 Å². The van der Waals surface area contributed by atoms with Gasteiger partial charge in [-0.15, -0.1) is 0 Å². The van der Waals surface area contributed by atoms with Crippen LogP contribution in [0, 0.1) is 5.82 Å². The van der Waals surface area contributed by atoms with E-state index < -0.39 is 57.8 Å². The van der Waals surface area contributed by atoms with Crippen LogP contribution in [0.5, 0.6) is 0 Å². The minimum atomic E-state index is -5.23. The first-order valence-corrected chi connectivity index (χ1v) is 7.33. The molecule has 0 radical (unpaired) electrons. The molecule has 0 aliphatic carbocycles. The van der Waals surface area contributed by atoms with Gasteiger partial charge in [-0.3, -0.25) is 0 Å². The molecule has 0 aromatic heterocycles. The van der Waals surface area contributed by atoms with Crippen LogP contribution < -0.4 is 0 Å². The first-order chi connectivity index (χ1) is 12.4. The molecule has 1 unspecified atom stereocenters. The summed E-state index contributed by atoms with van der Waals surface area (Å²) in [4.78, 5) is 0. The highest BCUT2D eigenvalue weighted by Crippen LogP contribution is 2.41. The van der Waals surface area contributed by atoms with E-state index in [0.29, 0.717) is 13.0 Å². The molecule has 0 heterocycles. The minimum Gasteiger partial charge on any atom is -0.381 e. The maximum Gasteiger partial charge on any atom is 0.416 e. The third-order valence-corrected chi connectivity index (χ3v) is 3.94. The second-order valence-electron chi connectivity index (χ2n) is 6.09. The van der Waals surface area contributed by atoms with Crippen molar-refractivity contribution in [1.29, 1.82) is 0 Å². The highest BCUT2D eigenvalue weighted by Gasteiger charge is 2.40. The average molecular weight is 420 g/mol. The van der Waals surface area contributed by atoms with Gasteiger partial charge in [0.05, 0.1) is 16.7 Å². The number of rotatable bonds is 2. The topological polar surface area (TPSA) is 20.2 Å². The lowest BCUT2D eigenvalue weighted by atomic mass is 9.85. The van der Waals surface area contributed by atoms with Crippen molar-refractivity contribution in [3.05, 3.63) is 70.0 Å². The van der Waals surface area contributed by atoms with Crippen molar-refractivity contribution in [2.75, 3.05) is 0 Å². The van der Waals surface area contributed by atoms with Crippen LogP contribution in [-0.2, 0) is 24.1 Å². The zero-order valence-electron chi connectivity index (χ0n) is 13.7. The van der Waals surface area contributed by atoms with Gasteiger partial charge in [0.2, 0.25) is 0 Å². The Morgan fingerprint density at radius 2 is 0.786 bits per heavy atom. The van der Waals surface area contributed by atoms with Crippen LogP contribution in [0.15, 0.2) is 36.4 Å². The summed E-state index contributed by atoms with van der Waals surface area (Å²) in [6.07, 6.45) is -15.5. The quantitative estimate of drug-likeness (QED) is 0.579. The van der Waals surface area contributed by atoms with Crippen LogP contribution in [0.25, 0.3) is 0 Å². The SMILES string of the molecule is CC(O)(c1cc(F)cc(C(F)(F)F)c1)c1cc(C(F)(F)F)cc(C(F)(F)F)c1. The fourth-order valence-electron chi connectivity index (χ4n) is 2.44. The van der Waals surface area contributed by atoms with E-state index in [1.165, 1.54) is 0 Å². The second kappa shape index (κ2) is 6.64. The lowest BCUT2D eigenvalue weighted by Crippen LogP contribution is -2.26. The van der Waals surface area contributed by atoms with Crippen LogP contribution in [0.4, 0.5) is 43.9 Å². The number of alkyl halides is 9. The zero-order chi connectivity index (χ0) is 21.7. The molecule has 0 saturated heterocycles. The van der Waals surface area contributed by atoms with Gasteiger partial charge >= 0.3 is 18.5 Å². The largest absolute Gasteiger partial charge is 0.416 e. The molecule has 0 aliphatic heterocycles. The van der Waals surface area contributed by atoms with E-state index in [4.69, 9.17) is 0 Å². The van der Waals surface area contributed by atoms with Crippen LogP contribution in [0.1, 0.15) is 34.7 Å². The van der Waals surface area contributed by atoms with Crippen molar-refractivity contribution in [2.24, 2.45) is 0 Å². The molecule has 1 atom stereocenters. The Kier molecular flexibility index (Phi) is 5.22. The third-order valence-electron chi connectivity index (χ3n) is 3.94. The summed E-state index contributed by atoms with van der Waals surface area (Å²) >= 11 is 0. The predicted molar refractivity (Wildman–Crippen MR) is 76.5 cm³/mol. The van der Waals surface area contributed by atoms with Crippen molar-refractivity contribution in [3.63, 3.8) is 0 Å². The van der Waals surface area contributed by atoms with E-state index in [1.807, 2.05) is 0 Å². The van der Waals surface area contributed by atoms with E-state index >= 15 is 0 Å². The maximum absolute atomic E-state index is 13.6. The van der Waals surface area contributed by atoms with Crippen LogP contribution >= 0.6 is 0 Å². The van der Waals surface area contributed by atoms with Crippen molar-refractivity contribution < 1.29 is 49.0 Å². The van der Waals surface area contributed by atoms with Gasteiger partial charge in [-0.25, -0.2) is 4.39 Å². The first-order valence-electron chi connectivity index (χ1n) is 7.33. The lowest BCUT2D eigenvalue weighted by Gasteiger charge is -2.27. The average Bonchev–Trinajstić information content (AvgIpc) is 2.51. The van der Waals surface area contributed by atoms with Gasteiger partial charge in [-0.05, 0) is 54.4 Å². The molecule has 28 heavy (non-hydrogen) atoms. The molecule has 11 heteroatoms. The van der Waals surface area contributed by atoms with Crippen molar-refractivity contribution in [2.45, 2.75) is 31.1 Å². The highest BCUT2D eigenvalue weighted by molar-refractivity contribution is 5.43. The van der Waals surface area contributed by atoms with Gasteiger partial charge in [0.15, 0.2) is 0 Å². The summed E-state index contributed by atoms with van der Waals surface area (Å²) < 4.78 is 130. The lowest BCUT2D eigenvalue weighted by molar-refractivity contribution is -0.143. The Bertz CT molecular complexity index is 843. The van der Waals surface area contributed by atoms with E-state index in [2.05, 4.69) is 0 Å². The molecule has 0 fully saturated rings. The number of hydrogen-bond donors (Lipinski definition) is 1. The van der Waals surface area contributed by atoms with Crippen LogP contribution in [0.3, 0.4) is 0 Å². The van der Waals surface area contributed by atoms with Crippen molar-refractivity contribution in [1.82, 2.24) is 0 Å². The Balaban J connectivity index is 2.74. The fourth-order valence-corrected chi connectivity index (χ4v) is 2.44. The monoisotopic (exact) mass is 420 g/mol. The van der Waals surface area contributed by atoms with E-state index in [0.717, 1.165) is 0 Å². The summed E-state index contributed by atoms with van der Waals surface area (Å²) in [5.41, 5.74) is -9.77. The number of benzene rings is 2. The number of halogens is 10. The molecule has 0 saturated carbocycles. The molecule has 1 N–H and O–H groups in total. The first kappa shape index (κ1) is 22.0. The second-order valence-corrected chi connectivity index (χ2v) is 6.09. The Morgan fingerprint density at radius 3 is 1.14 bits per heavy atom. The maximum atomic E-state index is 13.6. The molecule has 2 rings (SSSR count). The summed E-state index contributed by atoms with van der Waals surface area (Å²) in [5.74, 6) is -1.48. The molecule has 1 nitrogen and oxygen atoms in total. The van der Waals surface area contributed by atoms with Gasteiger partial charge in [0.1, 0.15) is 11.4 Å². The van der Waals surface area contributed by atoms with Crippen molar-refractivity contribution >= 4 is 0 Å². The van der Waals surface area contributed by atoms with E-state index in [-0.39, 0.29) is 30.3 Å². The smallest absolute Gasteiger partial charge is 0.381 e. The summed E-state index contributed by atoms with van der Waals surface area (Å²) in [5, 5.41) is 10.5. The van der Waals surface area contributed by atoms with Gasteiger partial charge in [-0.2, -0.15) is 39.5 Å². The Labute approximate surface area is 151 Å². The molecule has 2 aromatic rings. The van der Waals surface area contributed by atoms with Gasteiger partial charge in [0.25, 0.3) is 0 Å². The molecular formula is C17H10F10O. The normalized spacial score (nSPS) is 15.4. The molecule has 0 aliphatic rings. The highest BCUT2D eigenvalue weighted by atomic mass is 19.4. The summed E-state index contributed by atoms with van der Waals surface area (Å²) in [7, 11) is 0. The van der Waals surface area contributed by atoms with Crippen LogP contribution in [0.2, 0.25) is 0 Å². The van der Waals surface area contributed by atoms with Gasteiger partial charge < -0.3 is 5.11 Å². The Morgan fingerprint density at radius 1 is 0.536 bits per heavy atom. The minimum absolute atomic E-state index is 0.0762. The van der Waals surface area contributed by atoms with Gasteiger partial charge in [0, 0.05) is 0 Å². The third kappa shape index (κ3) is 4.57. The van der Waals surface area contributed by atoms with Crippen LogP contribution in [-0.4, -0.2) is 5.11 Å². The van der Waals surface area contributed by atoms with E-state index in [9.17, 15) is 49.0 Å².